The number of rotatable bonds is 8. The first-order valence-electron chi connectivity index (χ1n) is 11.1. The summed E-state index contributed by atoms with van der Waals surface area (Å²) in [4.78, 5) is 14.0. The van der Waals surface area contributed by atoms with Gasteiger partial charge in [0.15, 0.2) is 0 Å². The first-order chi connectivity index (χ1) is 14.8. The molecule has 1 heterocycles. The predicted molar refractivity (Wildman–Crippen MR) is 116 cm³/mol. The van der Waals surface area contributed by atoms with Crippen LogP contribution in [0.15, 0.2) is 42.5 Å². The van der Waals surface area contributed by atoms with Crippen LogP contribution in [0.2, 0.25) is 0 Å². The maximum Gasteiger partial charge on any atom is 0.255 e. The molecule has 2 atom stereocenters. The van der Waals surface area contributed by atoms with Gasteiger partial charge in [-0.05, 0) is 47.7 Å². The summed E-state index contributed by atoms with van der Waals surface area (Å²) >= 11 is 0. The van der Waals surface area contributed by atoms with E-state index in [1.165, 1.54) is 16.7 Å². The zero-order valence-corrected chi connectivity index (χ0v) is 18.2. The molecule has 6 heteroatoms. The molecule has 4 nitrogen and oxygen atoms in total. The van der Waals surface area contributed by atoms with E-state index in [2.05, 4.69) is 40.5 Å². The Morgan fingerprint density at radius 2 is 1.97 bits per heavy atom. The number of amides is 1. The molecule has 1 fully saturated rings. The van der Waals surface area contributed by atoms with E-state index in [1.807, 2.05) is 26.0 Å². The molecule has 0 bridgehead atoms. The molecule has 0 saturated heterocycles. The molecule has 1 aliphatic heterocycles. The Labute approximate surface area is 182 Å². The summed E-state index contributed by atoms with van der Waals surface area (Å²) in [6.07, 6.45) is 1.35. The van der Waals surface area contributed by atoms with Crippen LogP contribution < -0.4 is 10.1 Å². The third kappa shape index (κ3) is 5.42. The molecule has 0 aromatic heterocycles. The van der Waals surface area contributed by atoms with E-state index in [4.69, 9.17) is 4.74 Å². The fourth-order valence-corrected chi connectivity index (χ4v) is 4.06. The Morgan fingerprint density at radius 3 is 2.65 bits per heavy atom. The molecule has 1 saturated carbocycles. The van der Waals surface area contributed by atoms with Gasteiger partial charge in [-0.15, -0.1) is 0 Å². The highest BCUT2D eigenvalue weighted by Gasteiger charge is 2.57. The summed E-state index contributed by atoms with van der Waals surface area (Å²) in [7, 11) is 0. The average molecular weight is 429 g/mol. The van der Waals surface area contributed by atoms with Crippen molar-refractivity contribution in [3.63, 3.8) is 0 Å². The predicted octanol–water partition coefficient (Wildman–Crippen LogP) is 4.87. The zero-order chi connectivity index (χ0) is 22.0. The number of nitrogens with one attached hydrogen (secondary N) is 1. The van der Waals surface area contributed by atoms with Crippen LogP contribution in [0.4, 0.5) is 8.78 Å². The fraction of sp³-hybridized carbons (Fsp3) is 0.480. The van der Waals surface area contributed by atoms with E-state index >= 15 is 0 Å². The number of carbonyl (C=O) groups excluding carboxylic acids is 1. The van der Waals surface area contributed by atoms with Gasteiger partial charge in [0, 0.05) is 32.5 Å². The molecule has 31 heavy (non-hydrogen) atoms. The molecule has 0 radical (unpaired) electrons. The molecule has 166 valence electrons. The number of nitrogens with zero attached hydrogens (tertiary/aromatic N) is 1. The van der Waals surface area contributed by atoms with Crippen molar-refractivity contribution in [2.75, 3.05) is 13.2 Å². The largest absolute Gasteiger partial charge is 0.493 e. The van der Waals surface area contributed by atoms with E-state index in [0.717, 1.165) is 31.6 Å². The summed E-state index contributed by atoms with van der Waals surface area (Å²) in [5.41, 5.74) is 4.85. The van der Waals surface area contributed by atoms with Gasteiger partial charge in [0.05, 0.1) is 18.6 Å². The minimum absolute atomic E-state index is 0.00548. The number of carbonyl (C=O) groups is 1. The van der Waals surface area contributed by atoms with E-state index in [1.54, 1.807) is 0 Å². The highest BCUT2D eigenvalue weighted by molar-refractivity contribution is 5.76. The van der Waals surface area contributed by atoms with Crippen molar-refractivity contribution >= 4 is 5.91 Å². The normalized spacial score (nSPS) is 20.6. The van der Waals surface area contributed by atoms with Crippen LogP contribution in [0.1, 0.15) is 55.0 Å². The van der Waals surface area contributed by atoms with Gasteiger partial charge in [-0.3, -0.25) is 9.69 Å². The van der Waals surface area contributed by atoms with Crippen LogP contribution in [0.5, 0.6) is 5.75 Å². The topological polar surface area (TPSA) is 41.6 Å². The van der Waals surface area contributed by atoms with Crippen molar-refractivity contribution in [2.45, 2.75) is 58.2 Å². The SMILES string of the molecule is CCC(=O)NC(C)c1ccc(CN2CCc3cc(OC[C@@H]4CC4(F)F)ccc3C2)cc1. The number of hydrogen-bond acceptors (Lipinski definition) is 3. The van der Waals surface area contributed by atoms with Crippen molar-refractivity contribution in [1.29, 1.82) is 0 Å². The van der Waals surface area contributed by atoms with Gasteiger partial charge in [0.25, 0.3) is 5.92 Å². The van der Waals surface area contributed by atoms with E-state index in [-0.39, 0.29) is 25.0 Å². The number of benzene rings is 2. The van der Waals surface area contributed by atoms with Gasteiger partial charge in [0.1, 0.15) is 5.75 Å². The Kier molecular flexibility index (Phi) is 6.28. The minimum atomic E-state index is -2.53. The minimum Gasteiger partial charge on any atom is -0.493 e. The van der Waals surface area contributed by atoms with E-state index < -0.39 is 11.8 Å². The Morgan fingerprint density at radius 1 is 1.23 bits per heavy atom. The highest BCUT2D eigenvalue weighted by atomic mass is 19.3. The molecule has 0 spiro atoms. The zero-order valence-electron chi connectivity index (χ0n) is 18.2. The Hall–Kier alpha value is -2.47. The Bertz CT molecular complexity index is 930. The number of alkyl halides is 2. The molecular formula is C25H30F2N2O2. The van der Waals surface area contributed by atoms with Crippen LogP contribution in [-0.2, 0) is 24.3 Å². The van der Waals surface area contributed by atoms with Crippen LogP contribution in [0, 0.1) is 5.92 Å². The lowest BCUT2D eigenvalue weighted by atomic mass is 9.98. The molecular weight excluding hydrogens is 398 g/mol. The number of fused-ring (bicyclic) bond motifs is 1. The van der Waals surface area contributed by atoms with Crippen molar-refractivity contribution in [3.05, 3.63) is 64.7 Å². The summed E-state index contributed by atoms with van der Waals surface area (Å²) < 4.78 is 31.6. The second kappa shape index (κ2) is 8.95. The van der Waals surface area contributed by atoms with Crippen molar-refractivity contribution in [2.24, 2.45) is 5.92 Å². The monoisotopic (exact) mass is 428 g/mol. The standard InChI is InChI=1S/C25H30F2N2O2/c1-3-24(30)28-17(2)19-6-4-18(5-7-19)14-29-11-10-20-12-23(9-8-21(20)15-29)31-16-22-13-25(22,26)27/h4-9,12,17,22H,3,10-11,13-16H2,1-2H3,(H,28,30)/t17?,22-/m0/s1. The maximum absolute atomic E-state index is 13.0. The van der Waals surface area contributed by atoms with Crippen LogP contribution >= 0.6 is 0 Å². The smallest absolute Gasteiger partial charge is 0.255 e. The highest BCUT2D eigenvalue weighted by Crippen LogP contribution is 2.48. The molecule has 1 N–H and O–H groups in total. The third-order valence-electron chi connectivity index (χ3n) is 6.26. The van der Waals surface area contributed by atoms with Crippen LogP contribution in [0.25, 0.3) is 0 Å². The number of ether oxygens (including phenoxy) is 1. The molecule has 1 unspecified atom stereocenters. The van der Waals surface area contributed by atoms with Crippen LogP contribution in [0.3, 0.4) is 0 Å². The van der Waals surface area contributed by atoms with Gasteiger partial charge in [-0.1, -0.05) is 37.3 Å². The van der Waals surface area contributed by atoms with Crippen molar-refractivity contribution in [3.8, 4) is 5.75 Å². The first-order valence-corrected chi connectivity index (χ1v) is 11.1. The van der Waals surface area contributed by atoms with Gasteiger partial charge in [-0.2, -0.15) is 0 Å². The fourth-order valence-electron chi connectivity index (χ4n) is 4.06. The number of halogens is 2. The van der Waals surface area contributed by atoms with E-state index in [0.29, 0.717) is 12.2 Å². The average Bonchev–Trinajstić information content (AvgIpc) is 3.38. The molecule has 2 aliphatic rings. The quantitative estimate of drug-likeness (QED) is 0.653. The second-order valence-corrected chi connectivity index (χ2v) is 8.75. The second-order valence-electron chi connectivity index (χ2n) is 8.75. The lowest BCUT2D eigenvalue weighted by molar-refractivity contribution is -0.121. The molecule has 2 aromatic rings. The molecule has 1 amide bonds. The van der Waals surface area contributed by atoms with Gasteiger partial charge in [-0.25, -0.2) is 8.78 Å². The summed E-state index contributed by atoms with van der Waals surface area (Å²) in [5, 5.41) is 2.99. The summed E-state index contributed by atoms with van der Waals surface area (Å²) in [5.74, 6) is -2.41. The van der Waals surface area contributed by atoms with Gasteiger partial charge >= 0.3 is 0 Å². The van der Waals surface area contributed by atoms with Crippen molar-refractivity contribution in [1.82, 2.24) is 10.2 Å². The first kappa shape index (κ1) is 21.8. The summed E-state index contributed by atoms with van der Waals surface area (Å²) in [6, 6.07) is 14.4. The molecule has 4 rings (SSSR count). The lowest BCUT2D eigenvalue weighted by Gasteiger charge is -2.29. The third-order valence-corrected chi connectivity index (χ3v) is 6.26. The molecule has 2 aromatic carbocycles. The van der Waals surface area contributed by atoms with Gasteiger partial charge in [0.2, 0.25) is 5.91 Å². The summed E-state index contributed by atoms with van der Waals surface area (Å²) in [6.45, 7) is 6.62. The van der Waals surface area contributed by atoms with Gasteiger partial charge < -0.3 is 10.1 Å². The lowest BCUT2D eigenvalue weighted by Crippen LogP contribution is -2.30. The Balaban J connectivity index is 1.30. The van der Waals surface area contributed by atoms with Crippen LogP contribution in [-0.4, -0.2) is 29.9 Å². The van der Waals surface area contributed by atoms with Crippen molar-refractivity contribution < 1.29 is 18.3 Å². The van der Waals surface area contributed by atoms with E-state index in [9.17, 15) is 13.6 Å². The maximum atomic E-state index is 13.0. The molecule has 1 aliphatic carbocycles. The number of hydrogen-bond donors (Lipinski definition) is 1.